The molecule has 6 nitrogen and oxygen atoms in total. The highest BCUT2D eigenvalue weighted by Gasteiger charge is 2.16. The van der Waals surface area contributed by atoms with E-state index in [0.717, 1.165) is 10.4 Å². The number of hydrogen-bond donors (Lipinski definition) is 2. The Kier molecular flexibility index (Phi) is 5.65. The van der Waals surface area contributed by atoms with Crippen molar-refractivity contribution in [1.82, 2.24) is 9.97 Å². The smallest absolute Gasteiger partial charge is 0.259 e. The number of methoxy groups -OCH3 is 1. The minimum Gasteiger partial charge on any atom is -0.493 e. The van der Waals surface area contributed by atoms with Crippen LogP contribution in [0, 0.1) is 19.7 Å². The van der Waals surface area contributed by atoms with E-state index in [9.17, 15) is 9.18 Å². The quantitative estimate of drug-likeness (QED) is 0.402. The van der Waals surface area contributed by atoms with Crippen molar-refractivity contribution in [1.29, 1.82) is 0 Å². The summed E-state index contributed by atoms with van der Waals surface area (Å²) in [5.74, 6) is 0.995. The molecule has 2 N–H and O–H groups in total. The van der Waals surface area contributed by atoms with Crippen LogP contribution in [0.4, 0.5) is 10.1 Å². The summed E-state index contributed by atoms with van der Waals surface area (Å²) in [6.45, 7) is 5.75. The third kappa shape index (κ3) is 4.11. The second kappa shape index (κ2) is 8.39. The van der Waals surface area contributed by atoms with E-state index in [2.05, 4.69) is 15.3 Å². The number of aryl methyl sites for hydroxylation is 2. The van der Waals surface area contributed by atoms with Gasteiger partial charge in [-0.1, -0.05) is 12.1 Å². The first-order valence-corrected chi connectivity index (χ1v) is 10.6. The zero-order valence-corrected chi connectivity index (χ0v) is 18.4. The van der Waals surface area contributed by atoms with E-state index in [4.69, 9.17) is 9.47 Å². The maximum absolute atomic E-state index is 14.7. The molecule has 160 valence electrons. The molecule has 0 amide bonds. The van der Waals surface area contributed by atoms with Crippen molar-refractivity contribution < 1.29 is 13.9 Å². The first kappa shape index (κ1) is 20.9. The molecular weight excluding hydrogens is 417 g/mol. The number of ether oxygens (including phenoxy) is 2. The van der Waals surface area contributed by atoms with Gasteiger partial charge in [0.2, 0.25) is 0 Å². The van der Waals surface area contributed by atoms with Gasteiger partial charge in [-0.25, -0.2) is 9.37 Å². The van der Waals surface area contributed by atoms with Gasteiger partial charge < -0.3 is 19.8 Å². The van der Waals surface area contributed by atoms with E-state index < -0.39 is 5.82 Å². The molecule has 0 aliphatic heterocycles. The predicted octanol–water partition coefficient (Wildman–Crippen LogP) is 5.71. The lowest BCUT2D eigenvalue weighted by atomic mass is 10.2. The number of hydrogen-bond acceptors (Lipinski definition) is 6. The summed E-state index contributed by atoms with van der Waals surface area (Å²) >= 11 is 1.49. The maximum atomic E-state index is 14.7. The van der Waals surface area contributed by atoms with Crippen LogP contribution in [0.15, 0.2) is 47.3 Å². The number of fused-ring (bicyclic) bond motifs is 1. The topological polar surface area (TPSA) is 76.2 Å². The second-order valence-electron chi connectivity index (χ2n) is 7.18. The van der Waals surface area contributed by atoms with Crippen molar-refractivity contribution in [3.05, 3.63) is 74.9 Å². The Balaban J connectivity index is 1.55. The summed E-state index contributed by atoms with van der Waals surface area (Å²) in [4.78, 5) is 21.7. The first-order valence-electron chi connectivity index (χ1n) is 9.74. The lowest BCUT2D eigenvalue weighted by Gasteiger charge is -2.16. The lowest BCUT2D eigenvalue weighted by molar-refractivity contribution is 0.371. The van der Waals surface area contributed by atoms with Gasteiger partial charge in [0.1, 0.15) is 10.7 Å². The fourth-order valence-corrected chi connectivity index (χ4v) is 4.33. The Hall–Kier alpha value is -3.39. The normalized spacial score (nSPS) is 12.0. The van der Waals surface area contributed by atoms with Crippen LogP contribution in [0.2, 0.25) is 0 Å². The van der Waals surface area contributed by atoms with Crippen LogP contribution in [0.3, 0.4) is 0 Å². The van der Waals surface area contributed by atoms with Crippen LogP contribution in [-0.2, 0) is 0 Å². The largest absolute Gasteiger partial charge is 0.493 e. The number of thiophene rings is 1. The molecule has 0 radical (unpaired) electrons. The molecule has 0 aliphatic rings. The average Bonchev–Trinajstić information content (AvgIpc) is 3.04. The number of H-pyrrole nitrogens is 1. The number of para-hydroxylation sites is 2. The monoisotopic (exact) mass is 439 g/mol. The summed E-state index contributed by atoms with van der Waals surface area (Å²) in [6.07, 6.45) is 0. The number of rotatable bonds is 6. The van der Waals surface area contributed by atoms with Crippen LogP contribution in [-0.4, -0.2) is 17.1 Å². The van der Waals surface area contributed by atoms with Crippen LogP contribution < -0.4 is 20.3 Å². The number of anilines is 1. The number of nitrogens with one attached hydrogen (secondary N) is 2. The van der Waals surface area contributed by atoms with Gasteiger partial charge in [0, 0.05) is 16.6 Å². The number of nitrogens with zero attached hydrogens (tertiary/aromatic N) is 1. The molecule has 1 unspecified atom stereocenters. The molecule has 2 aromatic carbocycles. The van der Waals surface area contributed by atoms with Gasteiger partial charge in [-0.3, -0.25) is 4.79 Å². The van der Waals surface area contributed by atoms with E-state index in [0.29, 0.717) is 33.2 Å². The highest BCUT2D eigenvalue weighted by atomic mass is 32.1. The van der Waals surface area contributed by atoms with E-state index in [1.807, 2.05) is 26.8 Å². The third-order valence-corrected chi connectivity index (χ3v) is 6.17. The molecule has 0 spiro atoms. The van der Waals surface area contributed by atoms with Crippen LogP contribution in [0.5, 0.6) is 17.2 Å². The van der Waals surface area contributed by atoms with Crippen molar-refractivity contribution >= 4 is 27.2 Å². The van der Waals surface area contributed by atoms with Crippen LogP contribution in [0.25, 0.3) is 10.2 Å². The molecule has 0 saturated heterocycles. The molecule has 4 aromatic rings. The van der Waals surface area contributed by atoms with Gasteiger partial charge in [0.25, 0.3) is 5.56 Å². The number of benzene rings is 2. The van der Waals surface area contributed by atoms with Gasteiger partial charge in [-0.2, -0.15) is 0 Å². The molecule has 4 rings (SSSR count). The van der Waals surface area contributed by atoms with E-state index >= 15 is 0 Å². The molecule has 0 fully saturated rings. The summed E-state index contributed by atoms with van der Waals surface area (Å²) < 4.78 is 25.6. The fourth-order valence-electron chi connectivity index (χ4n) is 3.29. The molecule has 2 heterocycles. The summed E-state index contributed by atoms with van der Waals surface area (Å²) in [7, 11) is 1.53. The SMILES string of the molecule is COc1ccccc1Oc1ccc(NC(C)c2nc3sc(C)c(C)c3c(=O)[nH]2)cc1F. The minimum atomic E-state index is -0.524. The fraction of sp³-hybridized carbons (Fsp3) is 0.217. The molecular formula is C23H22FN3O3S. The van der Waals surface area contributed by atoms with Gasteiger partial charge >= 0.3 is 0 Å². The van der Waals surface area contributed by atoms with E-state index in [1.165, 1.54) is 24.5 Å². The lowest BCUT2D eigenvalue weighted by Crippen LogP contribution is -2.17. The van der Waals surface area contributed by atoms with Crippen molar-refractivity contribution in [2.24, 2.45) is 0 Å². The van der Waals surface area contributed by atoms with Crippen molar-refractivity contribution in [3.63, 3.8) is 0 Å². The maximum Gasteiger partial charge on any atom is 0.259 e. The minimum absolute atomic E-state index is 0.0835. The standard InChI is InChI=1S/C23H22FN3O3S/c1-12-14(3)31-23-20(12)22(28)26-21(27-23)13(2)25-15-9-10-17(16(24)11-15)30-19-8-6-5-7-18(19)29-4/h5-11,13,25H,1-4H3,(H,26,27,28). The van der Waals surface area contributed by atoms with Gasteiger partial charge in [-0.15, -0.1) is 11.3 Å². The number of aromatic amines is 1. The van der Waals surface area contributed by atoms with Crippen LogP contribution in [0.1, 0.15) is 29.2 Å². The summed E-state index contributed by atoms with van der Waals surface area (Å²) in [5.41, 5.74) is 1.33. The molecule has 0 saturated carbocycles. The molecule has 1 atom stereocenters. The van der Waals surface area contributed by atoms with E-state index in [-0.39, 0.29) is 17.4 Å². The Bertz CT molecular complexity index is 1320. The molecule has 2 aromatic heterocycles. The molecule has 8 heteroatoms. The number of aromatic nitrogens is 2. The number of halogens is 1. The van der Waals surface area contributed by atoms with Gasteiger partial charge in [-0.05, 0) is 50.6 Å². The predicted molar refractivity (Wildman–Crippen MR) is 121 cm³/mol. The molecule has 0 aliphatic carbocycles. The van der Waals surface area contributed by atoms with E-state index in [1.54, 1.807) is 30.3 Å². The van der Waals surface area contributed by atoms with Crippen LogP contribution >= 0.6 is 11.3 Å². The Morgan fingerprint density at radius 3 is 2.58 bits per heavy atom. The van der Waals surface area contributed by atoms with Crippen molar-refractivity contribution in [3.8, 4) is 17.2 Å². The summed E-state index contributed by atoms with van der Waals surface area (Å²) in [6, 6.07) is 11.3. The first-order chi connectivity index (χ1) is 14.9. The van der Waals surface area contributed by atoms with Crippen molar-refractivity contribution in [2.75, 3.05) is 12.4 Å². The zero-order chi connectivity index (χ0) is 22.1. The van der Waals surface area contributed by atoms with Crippen molar-refractivity contribution in [2.45, 2.75) is 26.8 Å². The Labute approximate surface area is 182 Å². The molecule has 31 heavy (non-hydrogen) atoms. The highest BCUT2D eigenvalue weighted by Crippen LogP contribution is 2.33. The molecule has 0 bridgehead atoms. The highest BCUT2D eigenvalue weighted by molar-refractivity contribution is 7.18. The van der Waals surface area contributed by atoms with Gasteiger partial charge in [0.05, 0.1) is 18.5 Å². The average molecular weight is 440 g/mol. The summed E-state index contributed by atoms with van der Waals surface area (Å²) in [5, 5.41) is 3.80. The van der Waals surface area contributed by atoms with Gasteiger partial charge in [0.15, 0.2) is 23.1 Å². The second-order valence-corrected chi connectivity index (χ2v) is 8.38. The third-order valence-electron chi connectivity index (χ3n) is 5.07. The Morgan fingerprint density at radius 2 is 1.87 bits per heavy atom. The Morgan fingerprint density at radius 1 is 1.13 bits per heavy atom. The zero-order valence-electron chi connectivity index (χ0n) is 17.6.